The topological polar surface area (TPSA) is 0 Å². The van der Waals surface area contributed by atoms with E-state index in [9.17, 15) is 8.78 Å². The highest BCUT2D eigenvalue weighted by Crippen LogP contribution is 2.33. The molecule has 1 aliphatic carbocycles. The van der Waals surface area contributed by atoms with Gasteiger partial charge in [0, 0.05) is 12.8 Å². The number of hydrogen-bond donors (Lipinski definition) is 0. The van der Waals surface area contributed by atoms with Gasteiger partial charge in [0.2, 0.25) is 0 Å². The fourth-order valence-corrected chi connectivity index (χ4v) is 1.25. The minimum absolute atomic E-state index is 0.0417. The fraction of sp³-hybridized carbons (Fsp3) is 0.750. The number of allylic oxidation sites excluding steroid dienone is 2. The van der Waals surface area contributed by atoms with Crippen molar-refractivity contribution in [2.45, 2.75) is 32.1 Å². The van der Waals surface area contributed by atoms with Crippen molar-refractivity contribution in [3.8, 4) is 0 Å². The maximum absolute atomic E-state index is 12.6. The van der Waals surface area contributed by atoms with Crippen molar-refractivity contribution in [1.29, 1.82) is 0 Å². The molecule has 0 saturated heterocycles. The molecule has 0 fully saturated rings. The number of alkyl halides is 2. The van der Waals surface area contributed by atoms with Gasteiger partial charge in [-0.15, -0.1) is 0 Å². The molecule has 2 heteroatoms. The van der Waals surface area contributed by atoms with E-state index >= 15 is 0 Å². The van der Waals surface area contributed by atoms with Crippen LogP contribution in [-0.2, 0) is 0 Å². The van der Waals surface area contributed by atoms with E-state index in [0.29, 0.717) is 0 Å². The van der Waals surface area contributed by atoms with Gasteiger partial charge in [-0.05, 0) is 12.3 Å². The van der Waals surface area contributed by atoms with Crippen LogP contribution in [0.2, 0.25) is 0 Å². The summed E-state index contributed by atoms with van der Waals surface area (Å²) in [6.45, 7) is 1.94. The van der Waals surface area contributed by atoms with E-state index in [1.54, 1.807) is 6.08 Å². The molecule has 0 aliphatic heterocycles. The molecule has 1 rings (SSSR count). The highest BCUT2D eigenvalue weighted by atomic mass is 19.3. The van der Waals surface area contributed by atoms with Crippen LogP contribution in [0.5, 0.6) is 0 Å². The molecule has 1 aliphatic rings. The molecule has 10 heavy (non-hydrogen) atoms. The Labute approximate surface area is 59.9 Å². The molecular formula is C8H12F2. The zero-order chi connectivity index (χ0) is 7.61. The van der Waals surface area contributed by atoms with Crippen molar-refractivity contribution in [3.05, 3.63) is 12.2 Å². The Kier molecular flexibility index (Phi) is 2.07. The summed E-state index contributed by atoms with van der Waals surface area (Å²) in [5, 5.41) is 0. The van der Waals surface area contributed by atoms with Crippen molar-refractivity contribution >= 4 is 0 Å². The minimum atomic E-state index is -2.44. The molecule has 0 spiro atoms. The maximum atomic E-state index is 12.6. The van der Waals surface area contributed by atoms with E-state index < -0.39 is 5.92 Å². The van der Waals surface area contributed by atoms with Gasteiger partial charge < -0.3 is 0 Å². The van der Waals surface area contributed by atoms with Crippen LogP contribution < -0.4 is 0 Å². The van der Waals surface area contributed by atoms with E-state index in [-0.39, 0.29) is 18.8 Å². The zero-order valence-electron chi connectivity index (χ0n) is 6.11. The van der Waals surface area contributed by atoms with Crippen LogP contribution >= 0.6 is 0 Å². The lowest BCUT2D eigenvalue weighted by Gasteiger charge is -2.23. The molecule has 0 radical (unpaired) electrons. The SMILES string of the molecule is CCC1C=CCC(F)(F)C1. The van der Waals surface area contributed by atoms with Crippen molar-refractivity contribution in [1.82, 2.24) is 0 Å². The summed E-state index contributed by atoms with van der Waals surface area (Å²) >= 11 is 0. The van der Waals surface area contributed by atoms with Crippen molar-refractivity contribution in [2.24, 2.45) is 5.92 Å². The monoisotopic (exact) mass is 146 g/mol. The summed E-state index contributed by atoms with van der Waals surface area (Å²) in [7, 11) is 0. The first-order valence-electron chi connectivity index (χ1n) is 3.68. The van der Waals surface area contributed by atoms with Gasteiger partial charge >= 0.3 is 0 Å². The van der Waals surface area contributed by atoms with Crippen LogP contribution in [0.4, 0.5) is 8.78 Å². The predicted molar refractivity (Wildman–Crippen MR) is 37.1 cm³/mol. The normalized spacial score (nSPS) is 30.5. The molecule has 0 saturated carbocycles. The number of rotatable bonds is 1. The second-order valence-corrected chi connectivity index (χ2v) is 2.86. The van der Waals surface area contributed by atoms with E-state index in [2.05, 4.69) is 0 Å². The van der Waals surface area contributed by atoms with Gasteiger partial charge in [-0.25, -0.2) is 8.78 Å². The van der Waals surface area contributed by atoms with Crippen LogP contribution in [0.1, 0.15) is 26.2 Å². The van der Waals surface area contributed by atoms with Gasteiger partial charge in [-0.2, -0.15) is 0 Å². The summed E-state index contributed by atoms with van der Waals surface area (Å²) in [5.41, 5.74) is 0. The van der Waals surface area contributed by atoms with Crippen LogP contribution in [-0.4, -0.2) is 5.92 Å². The van der Waals surface area contributed by atoms with Gasteiger partial charge in [-0.3, -0.25) is 0 Å². The molecule has 58 valence electrons. The van der Waals surface area contributed by atoms with E-state index in [0.717, 1.165) is 6.42 Å². The van der Waals surface area contributed by atoms with Gasteiger partial charge in [0.1, 0.15) is 0 Å². The Morgan fingerprint density at radius 1 is 1.60 bits per heavy atom. The Morgan fingerprint density at radius 3 is 2.70 bits per heavy atom. The van der Waals surface area contributed by atoms with Crippen molar-refractivity contribution in [3.63, 3.8) is 0 Å². The Balaban J connectivity index is 2.54. The quantitative estimate of drug-likeness (QED) is 0.499. The largest absolute Gasteiger partial charge is 0.252 e. The second kappa shape index (κ2) is 2.69. The molecule has 1 unspecified atom stereocenters. The lowest BCUT2D eigenvalue weighted by molar-refractivity contribution is -0.0202. The number of hydrogen-bond acceptors (Lipinski definition) is 0. The van der Waals surface area contributed by atoms with Crippen molar-refractivity contribution < 1.29 is 8.78 Å². The minimum Gasteiger partial charge on any atom is -0.207 e. The molecule has 0 amide bonds. The Hall–Kier alpha value is -0.400. The summed E-state index contributed by atoms with van der Waals surface area (Å²) in [5.74, 6) is -2.33. The third-order valence-electron chi connectivity index (χ3n) is 1.91. The summed E-state index contributed by atoms with van der Waals surface area (Å²) in [4.78, 5) is 0. The van der Waals surface area contributed by atoms with Gasteiger partial charge in [0.05, 0.1) is 0 Å². The maximum Gasteiger partial charge on any atom is 0.252 e. The molecule has 0 bridgehead atoms. The van der Waals surface area contributed by atoms with E-state index in [1.165, 1.54) is 0 Å². The zero-order valence-corrected chi connectivity index (χ0v) is 6.11. The predicted octanol–water partition coefficient (Wildman–Crippen LogP) is 3.00. The van der Waals surface area contributed by atoms with Gasteiger partial charge in [0.25, 0.3) is 5.92 Å². The molecule has 0 heterocycles. The standard InChI is InChI=1S/C8H12F2/c1-2-7-4-3-5-8(9,10)6-7/h3-4,7H,2,5-6H2,1H3. The molecule has 1 atom stereocenters. The van der Waals surface area contributed by atoms with Crippen LogP contribution in [0, 0.1) is 5.92 Å². The van der Waals surface area contributed by atoms with Gasteiger partial charge in [-0.1, -0.05) is 19.1 Å². The summed E-state index contributed by atoms with van der Waals surface area (Å²) < 4.78 is 25.2. The number of halogens is 2. The molecule has 0 aromatic carbocycles. The third-order valence-corrected chi connectivity index (χ3v) is 1.91. The van der Waals surface area contributed by atoms with Crippen LogP contribution in [0.25, 0.3) is 0 Å². The summed E-state index contributed by atoms with van der Waals surface area (Å²) in [6.07, 6.45) is 4.30. The van der Waals surface area contributed by atoms with E-state index in [1.807, 2.05) is 13.0 Å². The highest BCUT2D eigenvalue weighted by molar-refractivity contribution is 4.98. The third kappa shape index (κ3) is 1.79. The molecular weight excluding hydrogens is 134 g/mol. The smallest absolute Gasteiger partial charge is 0.207 e. The van der Waals surface area contributed by atoms with Crippen LogP contribution in [0.3, 0.4) is 0 Å². The first-order chi connectivity index (χ1) is 4.64. The van der Waals surface area contributed by atoms with Gasteiger partial charge in [0.15, 0.2) is 0 Å². The molecule has 0 aromatic rings. The molecule has 0 N–H and O–H groups in total. The van der Waals surface area contributed by atoms with Crippen LogP contribution in [0.15, 0.2) is 12.2 Å². The first kappa shape index (κ1) is 7.70. The molecule has 0 aromatic heterocycles. The highest BCUT2D eigenvalue weighted by Gasteiger charge is 2.32. The second-order valence-electron chi connectivity index (χ2n) is 2.86. The van der Waals surface area contributed by atoms with E-state index in [4.69, 9.17) is 0 Å². The summed E-state index contributed by atoms with van der Waals surface area (Å²) in [6, 6.07) is 0. The lowest BCUT2D eigenvalue weighted by Crippen LogP contribution is -2.22. The Bertz CT molecular complexity index is 138. The van der Waals surface area contributed by atoms with Crippen molar-refractivity contribution in [2.75, 3.05) is 0 Å². The average molecular weight is 146 g/mol. The molecule has 0 nitrogen and oxygen atoms in total. The lowest BCUT2D eigenvalue weighted by atomic mass is 9.91. The fourth-order valence-electron chi connectivity index (χ4n) is 1.25. The Morgan fingerprint density at radius 2 is 2.30 bits per heavy atom. The average Bonchev–Trinajstić information content (AvgIpc) is 1.86. The first-order valence-corrected chi connectivity index (χ1v) is 3.68.